The molecule has 0 saturated heterocycles. The molecule has 3 aromatic rings. The summed E-state index contributed by atoms with van der Waals surface area (Å²) in [6, 6.07) is 1.66. The number of rotatable bonds is 4. The van der Waals surface area contributed by atoms with Crippen LogP contribution in [0.25, 0.3) is 10.2 Å². The second-order valence-electron chi connectivity index (χ2n) is 5.43. The molecule has 1 atom stereocenters. The van der Waals surface area contributed by atoms with Crippen molar-refractivity contribution in [3.63, 3.8) is 0 Å². The molecule has 0 bridgehead atoms. The van der Waals surface area contributed by atoms with Gasteiger partial charge in [0, 0.05) is 10.9 Å². The molecule has 3 N–H and O–H groups in total. The fourth-order valence-corrected chi connectivity index (χ4v) is 4.05. The molecule has 1 unspecified atom stereocenters. The van der Waals surface area contributed by atoms with Gasteiger partial charge in [-0.2, -0.15) is 0 Å². The van der Waals surface area contributed by atoms with Gasteiger partial charge in [-0.25, -0.2) is 9.97 Å². The summed E-state index contributed by atoms with van der Waals surface area (Å²) < 4.78 is 4.93. The van der Waals surface area contributed by atoms with E-state index in [0.29, 0.717) is 22.6 Å². The lowest BCUT2D eigenvalue weighted by Crippen LogP contribution is -2.22. The Morgan fingerprint density at radius 3 is 2.79 bits per heavy atom. The van der Waals surface area contributed by atoms with Gasteiger partial charge in [0.15, 0.2) is 11.0 Å². The Labute approximate surface area is 147 Å². The van der Waals surface area contributed by atoms with Crippen LogP contribution in [0.2, 0.25) is 0 Å². The van der Waals surface area contributed by atoms with Gasteiger partial charge in [0.05, 0.1) is 10.6 Å². The van der Waals surface area contributed by atoms with Gasteiger partial charge in [0.1, 0.15) is 16.4 Å². The average molecular weight is 363 g/mol. The molecule has 24 heavy (non-hydrogen) atoms. The predicted octanol–water partition coefficient (Wildman–Crippen LogP) is 3.31. The summed E-state index contributed by atoms with van der Waals surface area (Å²) in [5.41, 5.74) is 7.18. The number of carbonyl (C=O) groups excluding carboxylic acids is 1. The number of thioether (sulfide) groups is 1. The molecule has 0 aromatic carbocycles. The number of carbonyl (C=O) groups is 1. The number of nitrogens with two attached hydrogens (primary N) is 1. The van der Waals surface area contributed by atoms with Crippen LogP contribution in [0.15, 0.2) is 15.7 Å². The number of hydrogen-bond donors (Lipinski definition) is 2. The van der Waals surface area contributed by atoms with Crippen molar-refractivity contribution < 1.29 is 9.32 Å². The Hall–Kier alpha value is -2.13. The van der Waals surface area contributed by atoms with E-state index in [9.17, 15) is 4.79 Å². The van der Waals surface area contributed by atoms with Gasteiger partial charge >= 0.3 is 0 Å². The van der Waals surface area contributed by atoms with Crippen LogP contribution in [0.1, 0.15) is 23.1 Å². The number of thiophene rings is 1. The molecule has 126 valence electrons. The van der Waals surface area contributed by atoms with Gasteiger partial charge in [0.2, 0.25) is 5.91 Å². The lowest BCUT2D eigenvalue weighted by Gasteiger charge is -2.09. The highest BCUT2D eigenvalue weighted by atomic mass is 32.2. The zero-order chi connectivity index (χ0) is 17.4. The number of nitrogen functional groups attached to an aromatic ring is 1. The second-order valence-corrected chi connectivity index (χ2v) is 7.94. The normalized spacial score (nSPS) is 12.5. The maximum Gasteiger partial charge on any atom is 0.238 e. The molecule has 0 spiro atoms. The molecule has 0 aliphatic heterocycles. The third kappa shape index (κ3) is 3.22. The molecular formula is C15H17N5O2S2. The Morgan fingerprint density at radius 1 is 1.38 bits per heavy atom. The number of aromatic nitrogens is 3. The van der Waals surface area contributed by atoms with Crippen LogP contribution in [0, 0.1) is 20.8 Å². The molecule has 9 heteroatoms. The van der Waals surface area contributed by atoms with Gasteiger partial charge in [-0.1, -0.05) is 16.9 Å². The van der Waals surface area contributed by atoms with E-state index in [4.69, 9.17) is 10.3 Å². The van der Waals surface area contributed by atoms with Crippen LogP contribution in [-0.2, 0) is 4.79 Å². The molecular weight excluding hydrogens is 346 g/mol. The molecule has 3 rings (SSSR count). The monoisotopic (exact) mass is 363 g/mol. The topological polar surface area (TPSA) is 107 Å². The number of nitrogens with zero attached hydrogens (tertiary/aromatic N) is 3. The highest BCUT2D eigenvalue weighted by Crippen LogP contribution is 2.34. The molecule has 0 aliphatic rings. The van der Waals surface area contributed by atoms with Crippen LogP contribution < -0.4 is 11.1 Å². The van der Waals surface area contributed by atoms with Crippen LogP contribution in [0.4, 0.5) is 11.6 Å². The molecule has 3 aromatic heterocycles. The number of nitrogens with one attached hydrogen (secondary N) is 1. The molecule has 0 fully saturated rings. The molecule has 7 nitrogen and oxygen atoms in total. The van der Waals surface area contributed by atoms with Gasteiger partial charge in [-0.3, -0.25) is 4.79 Å². The van der Waals surface area contributed by atoms with Gasteiger partial charge in [0.25, 0.3) is 0 Å². The smallest absolute Gasteiger partial charge is 0.238 e. The van der Waals surface area contributed by atoms with Crippen molar-refractivity contribution >= 4 is 50.9 Å². The van der Waals surface area contributed by atoms with E-state index < -0.39 is 5.25 Å². The number of hydrogen-bond acceptors (Lipinski definition) is 8. The van der Waals surface area contributed by atoms with Crippen molar-refractivity contribution in [2.75, 3.05) is 11.1 Å². The largest absolute Gasteiger partial charge is 0.383 e. The summed E-state index contributed by atoms with van der Waals surface area (Å²) in [6.45, 7) is 7.58. The van der Waals surface area contributed by atoms with Crippen molar-refractivity contribution in [3.8, 4) is 0 Å². The molecule has 1 amide bonds. The minimum Gasteiger partial charge on any atom is -0.383 e. The quantitative estimate of drug-likeness (QED) is 0.541. The Bertz CT molecular complexity index is 918. The van der Waals surface area contributed by atoms with Crippen LogP contribution in [-0.4, -0.2) is 26.3 Å². The molecule has 0 radical (unpaired) electrons. The maximum atomic E-state index is 12.2. The first-order valence-corrected chi connectivity index (χ1v) is 8.99. The number of fused-ring (bicyclic) bond motifs is 1. The summed E-state index contributed by atoms with van der Waals surface area (Å²) in [4.78, 5) is 23.1. The number of amides is 1. The van der Waals surface area contributed by atoms with Crippen molar-refractivity contribution in [2.45, 2.75) is 38.1 Å². The first-order valence-electron chi connectivity index (χ1n) is 7.29. The van der Waals surface area contributed by atoms with E-state index in [0.717, 1.165) is 15.8 Å². The minimum absolute atomic E-state index is 0.200. The summed E-state index contributed by atoms with van der Waals surface area (Å²) in [5.74, 6) is 1.28. The number of aryl methyl sites for hydroxylation is 3. The third-order valence-corrected chi connectivity index (χ3v) is 5.63. The van der Waals surface area contributed by atoms with Crippen LogP contribution >= 0.6 is 23.1 Å². The average Bonchev–Trinajstić information content (AvgIpc) is 3.03. The van der Waals surface area contributed by atoms with E-state index >= 15 is 0 Å². The standard InChI is InChI=1S/C15H17N5O2S2/c1-6-5-10(20-22-6)17-13(21)9(4)24-15-18-12(16)11-7(2)8(3)23-14(11)19-15/h5,9H,1-4H3,(H2,16,18,19)(H,17,20,21). The maximum absolute atomic E-state index is 12.2. The highest BCUT2D eigenvalue weighted by molar-refractivity contribution is 8.00. The van der Waals surface area contributed by atoms with Gasteiger partial charge in [-0.05, 0) is 33.3 Å². The lowest BCUT2D eigenvalue weighted by molar-refractivity contribution is -0.115. The van der Waals surface area contributed by atoms with Gasteiger partial charge < -0.3 is 15.6 Å². The summed E-state index contributed by atoms with van der Waals surface area (Å²) >= 11 is 2.84. The SMILES string of the molecule is Cc1cc(NC(=O)C(C)Sc2nc(N)c3c(C)c(C)sc3n2)no1. The van der Waals surface area contributed by atoms with Crippen molar-refractivity contribution in [2.24, 2.45) is 0 Å². The summed E-state index contributed by atoms with van der Waals surface area (Å²) in [5, 5.41) is 7.43. The molecule has 0 aliphatic carbocycles. The van der Waals surface area contributed by atoms with Crippen LogP contribution in [0.5, 0.6) is 0 Å². The van der Waals surface area contributed by atoms with E-state index in [1.54, 1.807) is 31.3 Å². The van der Waals surface area contributed by atoms with E-state index in [-0.39, 0.29) is 5.91 Å². The Kier molecular flexibility index (Phi) is 4.46. The predicted molar refractivity (Wildman–Crippen MR) is 96.5 cm³/mol. The zero-order valence-electron chi connectivity index (χ0n) is 13.7. The van der Waals surface area contributed by atoms with E-state index in [1.807, 2.05) is 13.8 Å². The minimum atomic E-state index is -0.402. The lowest BCUT2D eigenvalue weighted by atomic mass is 10.2. The van der Waals surface area contributed by atoms with E-state index in [1.165, 1.54) is 16.6 Å². The van der Waals surface area contributed by atoms with Crippen molar-refractivity contribution in [3.05, 3.63) is 22.3 Å². The van der Waals surface area contributed by atoms with Crippen molar-refractivity contribution in [1.82, 2.24) is 15.1 Å². The highest BCUT2D eigenvalue weighted by Gasteiger charge is 2.19. The Morgan fingerprint density at radius 2 is 2.12 bits per heavy atom. The van der Waals surface area contributed by atoms with Crippen molar-refractivity contribution in [1.29, 1.82) is 0 Å². The first kappa shape index (κ1) is 16.7. The summed E-state index contributed by atoms with van der Waals surface area (Å²) in [7, 11) is 0. The fourth-order valence-electron chi connectivity index (χ4n) is 2.18. The molecule has 3 heterocycles. The van der Waals surface area contributed by atoms with E-state index in [2.05, 4.69) is 20.4 Å². The molecule has 0 saturated carbocycles. The second kappa shape index (κ2) is 6.40. The first-order chi connectivity index (χ1) is 11.3. The third-order valence-electron chi connectivity index (χ3n) is 3.57. The number of anilines is 2. The zero-order valence-corrected chi connectivity index (χ0v) is 15.3. The van der Waals surface area contributed by atoms with Gasteiger partial charge in [-0.15, -0.1) is 11.3 Å². The summed E-state index contributed by atoms with van der Waals surface area (Å²) in [6.07, 6.45) is 0. The Balaban J connectivity index is 1.77. The fraction of sp³-hybridized carbons (Fsp3) is 0.333. The van der Waals surface area contributed by atoms with Crippen LogP contribution in [0.3, 0.4) is 0 Å².